The van der Waals surface area contributed by atoms with Crippen LogP contribution < -0.4 is 5.32 Å². The number of anilines is 1. The summed E-state index contributed by atoms with van der Waals surface area (Å²) in [5.74, 6) is 1.45. The molecule has 0 saturated heterocycles. The Balaban J connectivity index is 2.21. The summed E-state index contributed by atoms with van der Waals surface area (Å²) in [6.45, 7) is 5.31. The van der Waals surface area contributed by atoms with Gasteiger partial charge in [-0.05, 0) is 37.3 Å². The van der Waals surface area contributed by atoms with Gasteiger partial charge in [-0.3, -0.25) is 0 Å². The molecule has 2 heterocycles. The fraction of sp³-hybridized carbons (Fsp3) is 0.412. The summed E-state index contributed by atoms with van der Waals surface area (Å²) in [5, 5.41) is 17.7. The molecule has 1 aromatic carbocycles. The van der Waals surface area contributed by atoms with Crippen molar-refractivity contribution in [3.05, 3.63) is 41.1 Å². The molecule has 0 spiro atoms. The molecule has 1 aromatic heterocycles. The van der Waals surface area contributed by atoms with Crippen LogP contribution in [0.4, 0.5) is 5.82 Å². The van der Waals surface area contributed by atoms with Crippen molar-refractivity contribution in [1.29, 1.82) is 5.26 Å². The van der Waals surface area contributed by atoms with Crippen molar-refractivity contribution in [1.82, 2.24) is 9.78 Å². The van der Waals surface area contributed by atoms with Crippen LogP contribution in [-0.2, 0) is 6.42 Å². The number of para-hydroxylation sites is 1. The van der Waals surface area contributed by atoms with E-state index in [0.29, 0.717) is 11.5 Å². The quantitative estimate of drug-likeness (QED) is 0.914. The lowest BCUT2D eigenvalue weighted by Crippen LogP contribution is -2.08. The van der Waals surface area contributed by atoms with Crippen LogP contribution in [0.5, 0.6) is 0 Å². The summed E-state index contributed by atoms with van der Waals surface area (Å²) in [4.78, 5) is 0. The molecule has 0 atom stereocenters. The molecule has 0 radical (unpaired) electrons. The normalized spacial score (nSPS) is 14.2. The highest BCUT2D eigenvalue weighted by Crippen LogP contribution is 2.32. The van der Waals surface area contributed by atoms with Gasteiger partial charge in [-0.1, -0.05) is 26.0 Å². The zero-order valence-electron chi connectivity index (χ0n) is 12.6. The lowest BCUT2D eigenvalue weighted by atomic mass is 10.0. The van der Waals surface area contributed by atoms with Crippen molar-refractivity contribution in [2.45, 2.75) is 39.0 Å². The average molecular weight is 280 g/mol. The predicted molar refractivity (Wildman–Crippen MR) is 83.8 cm³/mol. The second-order valence-corrected chi connectivity index (χ2v) is 5.79. The van der Waals surface area contributed by atoms with E-state index in [4.69, 9.17) is 5.10 Å². The highest BCUT2D eigenvalue weighted by atomic mass is 15.3. The number of nitrogens with zero attached hydrogens (tertiary/aromatic N) is 3. The van der Waals surface area contributed by atoms with E-state index in [1.165, 1.54) is 18.4 Å². The molecule has 1 aliphatic heterocycles. The third-order valence-electron chi connectivity index (χ3n) is 3.96. The van der Waals surface area contributed by atoms with E-state index >= 15 is 0 Å². The predicted octanol–water partition coefficient (Wildman–Crippen LogP) is 3.62. The molecule has 4 nitrogen and oxygen atoms in total. The number of hydrogen-bond acceptors (Lipinski definition) is 3. The minimum Gasteiger partial charge on any atom is -0.370 e. The Morgan fingerprint density at radius 3 is 2.86 bits per heavy atom. The molecule has 4 heteroatoms. The summed E-state index contributed by atoms with van der Waals surface area (Å²) in [7, 11) is 0. The van der Waals surface area contributed by atoms with Crippen LogP contribution in [0.15, 0.2) is 24.3 Å². The minimum atomic E-state index is 0.383. The molecule has 0 fully saturated rings. The van der Waals surface area contributed by atoms with E-state index in [-0.39, 0.29) is 0 Å². The SMILES string of the molecule is CC(C)c1nn(-c2ccccc2C#N)c2c1CCCCN2. The lowest BCUT2D eigenvalue weighted by molar-refractivity contribution is 0.731. The van der Waals surface area contributed by atoms with Gasteiger partial charge in [0, 0.05) is 12.1 Å². The van der Waals surface area contributed by atoms with E-state index in [1.54, 1.807) is 0 Å². The van der Waals surface area contributed by atoms with Crippen LogP contribution in [0.1, 0.15) is 49.4 Å². The van der Waals surface area contributed by atoms with Crippen LogP contribution in [0, 0.1) is 11.3 Å². The molecule has 108 valence electrons. The Bertz CT molecular complexity index is 691. The van der Waals surface area contributed by atoms with Gasteiger partial charge in [-0.15, -0.1) is 0 Å². The third kappa shape index (κ3) is 2.40. The van der Waals surface area contributed by atoms with Gasteiger partial charge >= 0.3 is 0 Å². The van der Waals surface area contributed by atoms with E-state index in [2.05, 4.69) is 25.2 Å². The Morgan fingerprint density at radius 2 is 2.10 bits per heavy atom. The van der Waals surface area contributed by atoms with Crippen LogP contribution >= 0.6 is 0 Å². The molecule has 1 aliphatic rings. The maximum Gasteiger partial charge on any atom is 0.133 e. The van der Waals surface area contributed by atoms with Crippen molar-refractivity contribution in [3.63, 3.8) is 0 Å². The maximum atomic E-state index is 9.34. The topological polar surface area (TPSA) is 53.6 Å². The average Bonchev–Trinajstić information content (AvgIpc) is 2.69. The van der Waals surface area contributed by atoms with Crippen LogP contribution in [0.25, 0.3) is 5.69 Å². The fourth-order valence-corrected chi connectivity index (χ4v) is 2.92. The first-order valence-electron chi connectivity index (χ1n) is 7.57. The summed E-state index contributed by atoms with van der Waals surface area (Å²) in [6.07, 6.45) is 3.42. The van der Waals surface area contributed by atoms with Crippen LogP contribution in [0.2, 0.25) is 0 Å². The monoisotopic (exact) mass is 280 g/mol. The lowest BCUT2D eigenvalue weighted by Gasteiger charge is -2.10. The Kier molecular flexibility index (Phi) is 3.66. The number of benzene rings is 1. The van der Waals surface area contributed by atoms with E-state index in [9.17, 15) is 5.26 Å². The van der Waals surface area contributed by atoms with Crippen LogP contribution in [0.3, 0.4) is 0 Å². The van der Waals surface area contributed by atoms with Crippen molar-refractivity contribution in [2.75, 3.05) is 11.9 Å². The molecule has 0 unspecified atom stereocenters. The highest BCUT2D eigenvalue weighted by Gasteiger charge is 2.23. The number of aromatic nitrogens is 2. The number of nitriles is 1. The Morgan fingerprint density at radius 1 is 1.29 bits per heavy atom. The summed E-state index contributed by atoms with van der Waals surface area (Å²) >= 11 is 0. The molecule has 0 amide bonds. The molecule has 0 aliphatic carbocycles. The first kappa shape index (κ1) is 13.7. The van der Waals surface area contributed by atoms with Gasteiger partial charge in [-0.2, -0.15) is 10.4 Å². The molecule has 21 heavy (non-hydrogen) atoms. The first-order chi connectivity index (χ1) is 10.2. The van der Waals surface area contributed by atoms with Crippen molar-refractivity contribution in [2.24, 2.45) is 0 Å². The van der Waals surface area contributed by atoms with E-state index in [0.717, 1.165) is 30.2 Å². The Hall–Kier alpha value is -2.28. The number of rotatable bonds is 2. The number of fused-ring (bicyclic) bond motifs is 1. The molecular weight excluding hydrogens is 260 g/mol. The Labute approximate surface area is 125 Å². The third-order valence-corrected chi connectivity index (χ3v) is 3.96. The smallest absolute Gasteiger partial charge is 0.133 e. The largest absolute Gasteiger partial charge is 0.370 e. The van der Waals surface area contributed by atoms with Crippen molar-refractivity contribution in [3.8, 4) is 11.8 Å². The second kappa shape index (κ2) is 5.61. The van der Waals surface area contributed by atoms with Gasteiger partial charge in [-0.25, -0.2) is 4.68 Å². The van der Waals surface area contributed by atoms with Gasteiger partial charge in [0.05, 0.1) is 16.9 Å². The first-order valence-corrected chi connectivity index (χ1v) is 7.57. The van der Waals surface area contributed by atoms with Gasteiger partial charge in [0.2, 0.25) is 0 Å². The molecule has 1 N–H and O–H groups in total. The zero-order chi connectivity index (χ0) is 14.8. The standard InChI is InChI=1S/C17H20N4/c1-12(2)16-14-8-5-6-10-19-17(14)21(20-16)15-9-4-3-7-13(15)11-18/h3-4,7,9,12,19H,5-6,8,10H2,1-2H3. The number of hydrogen-bond donors (Lipinski definition) is 1. The highest BCUT2D eigenvalue weighted by molar-refractivity contribution is 5.58. The fourth-order valence-electron chi connectivity index (χ4n) is 2.92. The minimum absolute atomic E-state index is 0.383. The van der Waals surface area contributed by atoms with Crippen LogP contribution in [-0.4, -0.2) is 16.3 Å². The summed E-state index contributed by atoms with van der Waals surface area (Å²) < 4.78 is 1.93. The summed E-state index contributed by atoms with van der Waals surface area (Å²) in [5.41, 5.74) is 3.98. The van der Waals surface area contributed by atoms with Crippen molar-refractivity contribution < 1.29 is 0 Å². The van der Waals surface area contributed by atoms with Crippen molar-refractivity contribution >= 4 is 5.82 Å². The molecule has 0 saturated carbocycles. The molecular formula is C17H20N4. The zero-order valence-corrected chi connectivity index (χ0v) is 12.6. The van der Waals surface area contributed by atoms with Gasteiger partial charge in [0.1, 0.15) is 11.9 Å². The summed E-state index contributed by atoms with van der Waals surface area (Å²) in [6, 6.07) is 9.91. The van der Waals surface area contributed by atoms with E-state index in [1.807, 2.05) is 28.9 Å². The maximum absolute atomic E-state index is 9.34. The molecule has 2 aromatic rings. The second-order valence-electron chi connectivity index (χ2n) is 5.79. The number of nitrogens with one attached hydrogen (secondary N) is 1. The molecule has 3 rings (SSSR count). The van der Waals surface area contributed by atoms with Gasteiger partial charge < -0.3 is 5.32 Å². The molecule has 0 bridgehead atoms. The van der Waals surface area contributed by atoms with Gasteiger partial charge in [0.25, 0.3) is 0 Å². The van der Waals surface area contributed by atoms with E-state index < -0.39 is 0 Å². The van der Waals surface area contributed by atoms with Gasteiger partial charge in [0.15, 0.2) is 0 Å².